The van der Waals surface area contributed by atoms with E-state index >= 15 is 0 Å². The van der Waals surface area contributed by atoms with Crippen LogP contribution in [-0.2, 0) is 4.74 Å². The first-order valence-electron chi connectivity index (χ1n) is 4.00. The zero-order valence-corrected chi connectivity index (χ0v) is 10.3. The SMILES string of the molecule is COc1cc(NC(=O)OCCl)ccc1Br. The molecular weight excluding hydrogens is 285 g/mol. The van der Waals surface area contributed by atoms with Crippen molar-refractivity contribution in [3.05, 3.63) is 22.7 Å². The van der Waals surface area contributed by atoms with Crippen molar-refractivity contribution in [2.75, 3.05) is 18.5 Å². The fourth-order valence-electron chi connectivity index (χ4n) is 0.941. The molecule has 0 aliphatic heterocycles. The summed E-state index contributed by atoms with van der Waals surface area (Å²) < 4.78 is 10.4. The van der Waals surface area contributed by atoms with Gasteiger partial charge in [0.15, 0.2) is 6.07 Å². The zero-order chi connectivity index (χ0) is 11.3. The van der Waals surface area contributed by atoms with E-state index in [1.54, 1.807) is 25.3 Å². The lowest BCUT2D eigenvalue weighted by atomic mass is 10.3. The predicted octanol–water partition coefficient (Wildman–Crippen LogP) is 3.20. The normalized spacial score (nSPS) is 9.53. The number of benzene rings is 1. The molecule has 0 radical (unpaired) electrons. The number of nitrogens with one attached hydrogen (secondary N) is 1. The number of methoxy groups -OCH3 is 1. The molecule has 1 aromatic rings. The minimum absolute atomic E-state index is 0.181. The van der Waals surface area contributed by atoms with E-state index in [0.717, 1.165) is 4.47 Å². The summed E-state index contributed by atoms with van der Waals surface area (Å²) >= 11 is 8.53. The zero-order valence-electron chi connectivity index (χ0n) is 7.92. The molecule has 1 N–H and O–H groups in total. The van der Waals surface area contributed by atoms with E-state index in [4.69, 9.17) is 16.3 Å². The second-order valence-electron chi connectivity index (χ2n) is 2.52. The van der Waals surface area contributed by atoms with Crippen LogP contribution in [0.3, 0.4) is 0 Å². The third-order valence-electron chi connectivity index (χ3n) is 1.58. The smallest absolute Gasteiger partial charge is 0.412 e. The van der Waals surface area contributed by atoms with Crippen molar-refractivity contribution in [2.24, 2.45) is 0 Å². The average Bonchev–Trinajstić information content (AvgIpc) is 2.21. The van der Waals surface area contributed by atoms with Crippen LogP contribution in [-0.4, -0.2) is 19.3 Å². The molecule has 0 aliphatic rings. The van der Waals surface area contributed by atoms with Crippen LogP contribution in [0.2, 0.25) is 0 Å². The molecule has 0 spiro atoms. The van der Waals surface area contributed by atoms with Gasteiger partial charge in [-0.25, -0.2) is 4.79 Å². The van der Waals surface area contributed by atoms with Gasteiger partial charge in [-0.15, -0.1) is 0 Å². The van der Waals surface area contributed by atoms with Crippen molar-refractivity contribution in [3.8, 4) is 5.75 Å². The van der Waals surface area contributed by atoms with Gasteiger partial charge < -0.3 is 9.47 Å². The number of ether oxygens (including phenoxy) is 2. The molecule has 0 bridgehead atoms. The summed E-state index contributed by atoms with van der Waals surface area (Å²) in [4.78, 5) is 11.0. The summed E-state index contributed by atoms with van der Waals surface area (Å²) in [5, 5.41) is 2.50. The fraction of sp³-hybridized carbons (Fsp3) is 0.222. The third kappa shape index (κ3) is 3.60. The minimum atomic E-state index is -0.602. The summed E-state index contributed by atoms with van der Waals surface area (Å²) in [6.07, 6.45) is -0.602. The highest BCUT2D eigenvalue weighted by molar-refractivity contribution is 9.10. The number of carbonyl (C=O) groups excluding carboxylic acids is 1. The maximum atomic E-state index is 11.0. The average molecular weight is 295 g/mol. The summed E-state index contributed by atoms with van der Waals surface area (Å²) in [6.45, 7) is 0. The van der Waals surface area contributed by atoms with E-state index < -0.39 is 6.09 Å². The van der Waals surface area contributed by atoms with Crippen molar-refractivity contribution in [2.45, 2.75) is 0 Å². The molecule has 15 heavy (non-hydrogen) atoms. The molecule has 0 heterocycles. The molecule has 1 rings (SSSR count). The second kappa shape index (κ2) is 5.82. The monoisotopic (exact) mass is 293 g/mol. The Morgan fingerprint density at radius 3 is 2.93 bits per heavy atom. The van der Waals surface area contributed by atoms with Crippen LogP contribution >= 0.6 is 27.5 Å². The summed E-state index contributed by atoms with van der Waals surface area (Å²) in [7, 11) is 1.54. The van der Waals surface area contributed by atoms with Gasteiger partial charge in [0.2, 0.25) is 0 Å². The quantitative estimate of drug-likeness (QED) is 0.871. The van der Waals surface area contributed by atoms with Gasteiger partial charge in [0.25, 0.3) is 0 Å². The lowest BCUT2D eigenvalue weighted by molar-refractivity contribution is 0.180. The molecule has 1 aromatic carbocycles. The Kier molecular flexibility index (Phi) is 4.71. The number of hydrogen-bond donors (Lipinski definition) is 1. The highest BCUT2D eigenvalue weighted by atomic mass is 79.9. The Balaban J connectivity index is 2.74. The molecule has 0 fully saturated rings. The van der Waals surface area contributed by atoms with Gasteiger partial charge in [-0.3, -0.25) is 5.32 Å². The maximum absolute atomic E-state index is 11.0. The van der Waals surface area contributed by atoms with Crippen molar-refractivity contribution >= 4 is 39.3 Å². The third-order valence-corrected chi connectivity index (χ3v) is 2.35. The number of anilines is 1. The van der Waals surface area contributed by atoms with E-state index in [1.807, 2.05) is 0 Å². The Morgan fingerprint density at radius 1 is 1.60 bits per heavy atom. The van der Waals surface area contributed by atoms with Gasteiger partial charge in [-0.1, -0.05) is 11.6 Å². The highest BCUT2D eigenvalue weighted by Gasteiger charge is 2.05. The second-order valence-corrected chi connectivity index (χ2v) is 3.59. The topological polar surface area (TPSA) is 47.6 Å². The number of amides is 1. The molecule has 0 aromatic heterocycles. The largest absolute Gasteiger partial charge is 0.495 e. The summed E-state index contributed by atoms with van der Waals surface area (Å²) in [5.41, 5.74) is 0.574. The molecule has 1 amide bonds. The first-order valence-corrected chi connectivity index (χ1v) is 5.33. The van der Waals surface area contributed by atoms with E-state index in [0.29, 0.717) is 11.4 Å². The first kappa shape index (κ1) is 12.1. The molecular formula is C9H9BrClNO3. The lowest BCUT2D eigenvalue weighted by Crippen LogP contribution is -2.12. The lowest BCUT2D eigenvalue weighted by Gasteiger charge is -2.07. The Morgan fingerprint density at radius 2 is 2.33 bits per heavy atom. The fourth-order valence-corrected chi connectivity index (χ4v) is 1.45. The van der Waals surface area contributed by atoms with Crippen LogP contribution in [0.4, 0.5) is 10.5 Å². The number of rotatable bonds is 3. The highest BCUT2D eigenvalue weighted by Crippen LogP contribution is 2.27. The van der Waals surface area contributed by atoms with Crippen LogP contribution in [0.5, 0.6) is 5.75 Å². The van der Waals surface area contributed by atoms with Crippen LogP contribution in [0.25, 0.3) is 0 Å². The first-order chi connectivity index (χ1) is 7.17. The molecule has 0 saturated heterocycles. The minimum Gasteiger partial charge on any atom is -0.495 e. The van der Waals surface area contributed by atoms with E-state index in [1.165, 1.54) is 0 Å². The van der Waals surface area contributed by atoms with E-state index in [9.17, 15) is 4.79 Å². The van der Waals surface area contributed by atoms with Crippen molar-refractivity contribution in [3.63, 3.8) is 0 Å². The molecule has 0 atom stereocenters. The van der Waals surface area contributed by atoms with Crippen molar-refractivity contribution < 1.29 is 14.3 Å². The molecule has 4 nitrogen and oxygen atoms in total. The Hall–Kier alpha value is -0.940. The Labute approximate surface area is 101 Å². The maximum Gasteiger partial charge on any atom is 0.412 e. The van der Waals surface area contributed by atoms with Gasteiger partial charge in [0.1, 0.15) is 5.75 Å². The summed E-state index contributed by atoms with van der Waals surface area (Å²) in [5.74, 6) is 0.624. The van der Waals surface area contributed by atoms with Crippen LogP contribution in [0, 0.1) is 0 Å². The van der Waals surface area contributed by atoms with Gasteiger partial charge in [-0.05, 0) is 28.1 Å². The van der Waals surface area contributed by atoms with Crippen LogP contribution in [0.15, 0.2) is 22.7 Å². The van der Waals surface area contributed by atoms with Gasteiger partial charge in [0.05, 0.1) is 11.6 Å². The number of alkyl halides is 1. The van der Waals surface area contributed by atoms with Gasteiger partial charge >= 0.3 is 6.09 Å². The number of hydrogen-bond acceptors (Lipinski definition) is 3. The van der Waals surface area contributed by atoms with Crippen molar-refractivity contribution in [1.29, 1.82) is 0 Å². The standard InChI is InChI=1S/C9H9BrClNO3/c1-14-8-4-6(2-3-7(8)10)12-9(13)15-5-11/h2-4H,5H2,1H3,(H,12,13). The van der Waals surface area contributed by atoms with E-state index in [2.05, 4.69) is 26.0 Å². The number of halogens is 2. The molecule has 0 saturated carbocycles. The van der Waals surface area contributed by atoms with Crippen LogP contribution < -0.4 is 10.1 Å². The van der Waals surface area contributed by atoms with E-state index in [-0.39, 0.29) is 6.07 Å². The van der Waals surface area contributed by atoms with Gasteiger partial charge in [0, 0.05) is 11.8 Å². The Bertz CT molecular complexity index is 359. The molecule has 6 heteroatoms. The molecule has 0 unspecified atom stereocenters. The predicted molar refractivity (Wildman–Crippen MR) is 61.5 cm³/mol. The number of carbonyl (C=O) groups is 1. The molecule has 82 valence electrons. The van der Waals surface area contributed by atoms with Crippen molar-refractivity contribution in [1.82, 2.24) is 0 Å². The molecule has 0 aliphatic carbocycles. The van der Waals surface area contributed by atoms with Crippen LogP contribution in [0.1, 0.15) is 0 Å². The summed E-state index contributed by atoms with van der Waals surface area (Å²) in [6, 6.07) is 4.95. The van der Waals surface area contributed by atoms with Gasteiger partial charge in [-0.2, -0.15) is 0 Å².